The highest BCUT2D eigenvalue weighted by Gasteiger charge is 2.20. The van der Waals surface area contributed by atoms with Gasteiger partial charge < -0.3 is 4.90 Å². The minimum absolute atomic E-state index is 0.739. The smallest absolute Gasteiger partial charge is 0.00387 e. The van der Waals surface area contributed by atoms with Crippen LogP contribution in [0, 0.1) is 11.8 Å². The molecule has 1 saturated heterocycles. The van der Waals surface area contributed by atoms with E-state index in [-0.39, 0.29) is 0 Å². The van der Waals surface area contributed by atoms with Crippen molar-refractivity contribution in [2.24, 2.45) is 11.8 Å². The highest BCUT2D eigenvalue weighted by Crippen LogP contribution is 2.23. The van der Waals surface area contributed by atoms with Gasteiger partial charge in [0.05, 0.1) is 0 Å². The molecule has 0 amide bonds. The van der Waals surface area contributed by atoms with Gasteiger partial charge in [-0.2, -0.15) is 0 Å². The van der Waals surface area contributed by atoms with Crippen LogP contribution in [0.25, 0.3) is 0 Å². The van der Waals surface area contributed by atoms with Crippen LogP contribution in [0.2, 0.25) is 0 Å². The Labute approximate surface area is 89.9 Å². The summed E-state index contributed by atoms with van der Waals surface area (Å²) < 4.78 is 0. The van der Waals surface area contributed by atoms with Crippen LogP contribution in [-0.2, 0) is 0 Å². The molecule has 1 heteroatoms. The molecule has 1 heterocycles. The number of hydrogen-bond acceptors (Lipinski definition) is 1. The van der Waals surface area contributed by atoms with Crippen molar-refractivity contribution in [1.82, 2.24) is 4.90 Å². The zero-order valence-corrected chi connectivity index (χ0v) is 10.4. The van der Waals surface area contributed by atoms with E-state index in [0.717, 1.165) is 17.9 Å². The molecular weight excluding hydrogens is 170 g/mol. The molecule has 1 aliphatic heterocycles. The van der Waals surface area contributed by atoms with Crippen LogP contribution in [0.4, 0.5) is 0 Å². The summed E-state index contributed by atoms with van der Waals surface area (Å²) >= 11 is 0. The Morgan fingerprint density at radius 1 is 1.14 bits per heavy atom. The quantitative estimate of drug-likeness (QED) is 0.669. The summed E-state index contributed by atoms with van der Waals surface area (Å²) in [5.74, 6) is 1.83. The summed E-state index contributed by atoms with van der Waals surface area (Å²) in [5, 5.41) is 0. The first-order valence-electron chi connectivity index (χ1n) is 6.33. The van der Waals surface area contributed by atoms with Gasteiger partial charge in [0.15, 0.2) is 0 Å². The van der Waals surface area contributed by atoms with E-state index in [0.29, 0.717) is 0 Å². The lowest BCUT2D eigenvalue weighted by Gasteiger charge is -2.28. The molecular formula is C13H27N. The van der Waals surface area contributed by atoms with Crippen molar-refractivity contribution in [1.29, 1.82) is 0 Å². The predicted octanol–water partition coefficient (Wildman–Crippen LogP) is 3.54. The van der Waals surface area contributed by atoms with Crippen molar-refractivity contribution in [2.45, 2.75) is 59.4 Å². The summed E-state index contributed by atoms with van der Waals surface area (Å²) in [5.41, 5.74) is 0. The predicted molar refractivity (Wildman–Crippen MR) is 63.5 cm³/mol. The molecule has 0 aromatic rings. The van der Waals surface area contributed by atoms with Crippen LogP contribution < -0.4 is 0 Å². The molecule has 0 bridgehead atoms. The lowest BCUT2D eigenvalue weighted by Crippen LogP contribution is -2.34. The standard InChI is InChI=1S/C13H27N/c1-11(2)9-13-7-5-6-8-14(10-13)12(3)4/h11-13H,5-10H2,1-4H3. The summed E-state index contributed by atoms with van der Waals surface area (Å²) in [6.07, 6.45) is 5.73. The maximum absolute atomic E-state index is 2.67. The minimum atomic E-state index is 0.739. The molecule has 1 aliphatic rings. The third-order valence-electron chi connectivity index (χ3n) is 3.34. The van der Waals surface area contributed by atoms with Crippen LogP contribution >= 0.6 is 0 Å². The number of rotatable bonds is 3. The molecule has 0 aromatic carbocycles. The van der Waals surface area contributed by atoms with E-state index >= 15 is 0 Å². The number of hydrogen-bond donors (Lipinski definition) is 0. The second kappa shape index (κ2) is 5.75. The maximum atomic E-state index is 2.67. The van der Waals surface area contributed by atoms with Crippen LogP contribution in [-0.4, -0.2) is 24.0 Å². The molecule has 1 nitrogen and oxygen atoms in total. The molecule has 1 fully saturated rings. The molecule has 1 rings (SSSR count). The first-order valence-corrected chi connectivity index (χ1v) is 6.33. The first-order chi connectivity index (χ1) is 6.59. The molecule has 0 radical (unpaired) electrons. The van der Waals surface area contributed by atoms with E-state index in [1.165, 1.54) is 38.8 Å². The van der Waals surface area contributed by atoms with Crippen LogP contribution in [0.1, 0.15) is 53.4 Å². The topological polar surface area (TPSA) is 3.24 Å². The zero-order valence-electron chi connectivity index (χ0n) is 10.4. The molecule has 0 aliphatic carbocycles. The molecule has 0 spiro atoms. The van der Waals surface area contributed by atoms with Gasteiger partial charge in [0.2, 0.25) is 0 Å². The van der Waals surface area contributed by atoms with Crippen LogP contribution in [0.5, 0.6) is 0 Å². The zero-order chi connectivity index (χ0) is 10.6. The van der Waals surface area contributed by atoms with Gasteiger partial charge in [-0.25, -0.2) is 0 Å². The van der Waals surface area contributed by atoms with Crippen molar-refractivity contribution < 1.29 is 0 Å². The van der Waals surface area contributed by atoms with Crippen molar-refractivity contribution in [3.8, 4) is 0 Å². The van der Waals surface area contributed by atoms with Gasteiger partial charge in [0, 0.05) is 12.6 Å². The Morgan fingerprint density at radius 3 is 2.43 bits per heavy atom. The fourth-order valence-electron chi connectivity index (χ4n) is 2.59. The lowest BCUT2D eigenvalue weighted by molar-refractivity contribution is 0.191. The van der Waals surface area contributed by atoms with E-state index in [4.69, 9.17) is 0 Å². The average molecular weight is 197 g/mol. The molecule has 1 unspecified atom stereocenters. The lowest BCUT2D eigenvalue weighted by atomic mass is 9.93. The largest absolute Gasteiger partial charge is 0.301 e. The van der Waals surface area contributed by atoms with E-state index < -0.39 is 0 Å². The average Bonchev–Trinajstić information content (AvgIpc) is 2.28. The monoisotopic (exact) mass is 197 g/mol. The van der Waals surface area contributed by atoms with Crippen LogP contribution in [0.3, 0.4) is 0 Å². The normalized spacial score (nSPS) is 25.7. The van der Waals surface area contributed by atoms with E-state index in [9.17, 15) is 0 Å². The summed E-state index contributed by atoms with van der Waals surface area (Å²) in [6, 6.07) is 0.739. The third-order valence-corrected chi connectivity index (χ3v) is 3.34. The molecule has 0 aromatic heterocycles. The SMILES string of the molecule is CC(C)CC1CCCCN(C(C)C)C1. The second-order valence-corrected chi connectivity index (χ2v) is 5.58. The third kappa shape index (κ3) is 4.00. The molecule has 14 heavy (non-hydrogen) atoms. The van der Waals surface area contributed by atoms with Crippen molar-refractivity contribution in [3.05, 3.63) is 0 Å². The van der Waals surface area contributed by atoms with Crippen LogP contribution in [0.15, 0.2) is 0 Å². The minimum Gasteiger partial charge on any atom is -0.301 e. The van der Waals surface area contributed by atoms with Gasteiger partial charge in [-0.3, -0.25) is 0 Å². The van der Waals surface area contributed by atoms with E-state index in [1.807, 2.05) is 0 Å². The molecule has 0 saturated carbocycles. The highest BCUT2D eigenvalue weighted by atomic mass is 15.1. The summed E-state index contributed by atoms with van der Waals surface area (Å²) in [6.45, 7) is 12.0. The Bertz CT molecular complexity index is 151. The van der Waals surface area contributed by atoms with Crippen molar-refractivity contribution in [2.75, 3.05) is 13.1 Å². The summed E-state index contributed by atoms with van der Waals surface area (Å²) in [4.78, 5) is 2.67. The first kappa shape index (κ1) is 12.0. The number of nitrogens with zero attached hydrogens (tertiary/aromatic N) is 1. The Balaban J connectivity index is 2.43. The van der Waals surface area contributed by atoms with E-state index in [2.05, 4.69) is 32.6 Å². The van der Waals surface area contributed by atoms with Gasteiger partial charge in [-0.1, -0.05) is 20.3 Å². The number of likely N-dealkylation sites (tertiary alicyclic amines) is 1. The fourth-order valence-corrected chi connectivity index (χ4v) is 2.59. The molecule has 1 atom stereocenters. The molecule has 0 N–H and O–H groups in total. The van der Waals surface area contributed by atoms with Gasteiger partial charge in [-0.15, -0.1) is 0 Å². The Kier molecular flexibility index (Phi) is 4.94. The van der Waals surface area contributed by atoms with Crippen molar-refractivity contribution >= 4 is 0 Å². The van der Waals surface area contributed by atoms with Crippen molar-refractivity contribution in [3.63, 3.8) is 0 Å². The second-order valence-electron chi connectivity index (χ2n) is 5.58. The fraction of sp³-hybridized carbons (Fsp3) is 1.00. The van der Waals surface area contributed by atoms with Gasteiger partial charge in [-0.05, 0) is 51.5 Å². The van der Waals surface area contributed by atoms with Gasteiger partial charge in [0.1, 0.15) is 0 Å². The van der Waals surface area contributed by atoms with E-state index in [1.54, 1.807) is 0 Å². The molecule has 84 valence electrons. The summed E-state index contributed by atoms with van der Waals surface area (Å²) in [7, 11) is 0. The Morgan fingerprint density at radius 2 is 1.86 bits per heavy atom. The van der Waals surface area contributed by atoms with Gasteiger partial charge in [0.25, 0.3) is 0 Å². The highest BCUT2D eigenvalue weighted by molar-refractivity contribution is 4.74. The van der Waals surface area contributed by atoms with Gasteiger partial charge >= 0.3 is 0 Å². The Hall–Kier alpha value is -0.0400. The maximum Gasteiger partial charge on any atom is 0.00387 e.